The summed E-state index contributed by atoms with van der Waals surface area (Å²) in [6.07, 6.45) is 0.688. The highest BCUT2D eigenvalue weighted by molar-refractivity contribution is 7.99. The zero-order chi connectivity index (χ0) is 22.7. The minimum absolute atomic E-state index is 0.479. The summed E-state index contributed by atoms with van der Waals surface area (Å²) in [6, 6.07) is 11.4. The van der Waals surface area contributed by atoms with Crippen molar-refractivity contribution < 1.29 is 9.53 Å². The summed E-state index contributed by atoms with van der Waals surface area (Å²) in [5, 5.41) is 13.8. The number of aromatic amines is 1. The van der Waals surface area contributed by atoms with E-state index < -0.39 is 11.7 Å². The summed E-state index contributed by atoms with van der Waals surface area (Å²) in [4.78, 5) is 24.5. The average Bonchev–Trinajstić information content (AvgIpc) is 3.05. The summed E-state index contributed by atoms with van der Waals surface area (Å²) in [7, 11) is 0. The SMILES string of the molecule is Cc1cc(Nc2cc(N3CCC3)nc(Sc3ccc(NC(=O)OC(C)(C)C)cc3)n2)n[nH]1. The number of H-pyrrole nitrogens is 1. The van der Waals surface area contributed by atoms with Gasteiger partial charge >= 0.3 is 6.09 Å². The zero-order valence-electron chi connectivity index (χ0n) is 18.6. The van der Waals surface area contributed by atoms with E-state index in [0.29, 0.717) is 22.5 Å². The van der Waals surface area contributed by atoms with E-state index in [0.717, 1.165) is 29.5 Å². The topological polar surface area (TPSA) is 108 Å². The largest absolute Gasteiger partial charge is 0.444 e. The average molecular weight is 454 g/mol. The Morgan fingerprint density at radius 1 is 1.12 bits per heavy atom. The molecule has 1 aliphatic heterocycles. The van der Waals surface area contributed by atoms with Gasteiger partial charge < -0.3 is 15.0 Å². The Morgan fingerprint density at radius 3 is 2.47 bits per heavy atom. The van der Waals surface area contributed by atoms with Crippen molar-refractivity contribution in [2.75, 3.05) is 28.6 Å². The first kappa shape index (κ1) is 21.9. The van der Waals surface area contributed by atoms with E-state index in [4.69, 9.17) is 9.72 Å². The molecule has 4 rings (SSSR count). The lowest BCUT2D eigenvalue weighted by atomic mass is 10.2. The molecule has 1 aromatic carbocycles. The summed E-state index contributed by atoms with van der Waals surface area (Å²) in [5.41, 5.74) is 1.09. The quantitative estimate of drug-likeness (QED) is 0.450. The number of ether oxygens (including phenoxy) is 1. The molecule has 3 N–H and O–H groups in total. The van der Waals surface area contributed by atoms with Crippen LogP contribution in [0.2, 0.25) is 0 Å². The van der Waals surface area contributed by atoms with Crippen LogP contribution in [0.5, 0.6) is 0 Å². The number of hydrogen-bond acceptors (Lipinski definition) is 8. The van der Waals surface area contributed by atoms with Crippen LogP contribution in [-0.2, 0) is 4.74 Å². The van der Waals surface area contributed by atoms with Crippen LogP contribution >= 0.6 is 11.8 Å². The molecule has 0 saturated carbocycles. The lowest BCUT2D eigenvalue weighted by Gasteiger charge is -2.32. The summed E-state index contributed by atoms with van der Waals surface area (Å²) in [5.74, 6) is 2.30. The predicted molar refractivity (Wildman–Crippen MR) is 126 cm³/mol. The zero-order valence-corrected chi connectivity index (χ0v) is 19.4. The van der Waals surface area contributed by atoms with Crippen LogP contribution in [0, 0.1) is 6.92 Å². The highest BCUT2D eigenvalue weighted by Crippen LogP contribution is 2.31. The lowest BCUT2D eigenvalue weighted by Crippen LogP contribution is -2.37. The highest BCUT2D eigenvalue weighted by Gasteiger charge is 2.19. The van der Waals surface area contributed by atoms with Crippen LogP contribution in [0.3, 0.4) is 0 Å². The van der Waals surface area contributed by atoms with Crippen LogP contribution in [0.25, 0.3) is 0 Å². The number of aromatic nitrogens is 4. The fraction of sp³-hybridized carbons (Fsp3) is 0.364. The van der Waals surface area contributed by atoms with E-state index in [1.807, 2.05) is 64.1 Å². The Hall–Kier alpha value is -3.27. The molecule has 1 fully saturated rings. The fourth-order valence-electron chi connectivity index (χ4n) is 2.98. The van der Waals surface area contributed by atoms with Gasteiger partial charge in [0.15, 0.2) is 11.0 Å². The van der Waals surface area contributed by atoms with Gasteiger partial charge in [-0.25, -0.2) is 14.8 Å². The Labute approximate surface area is 191 Å². The minimum atomic E-state index is -0.543. The van der Waals surface area contributed by atoms with Gasteiger partial charge in [-0.1, -0.05) is 0 Å². The van der Waals surface area contributed by atoms with Gasteiger partial charge in [-0.15, -0.1) is 0 Å². The molecule has 0 unspecified atom stereocenters. The van der Waals surface area contributed by atoms with Crippen molar-refractivity contribution in [3.8, 4) is 0 Å². The van der Waals surface area contributed by atoms with E-state index in [-0.39, 0.29) is 0 Å². The van der Waals surface area contributed by atoms with Gasteiger partial charge in [0.2, 0.25) is 0 Å². The molecule has 1 aliphatic rings. The standard InChI is InChI=1S/C22H27N7O2S/c1-14-12-18(28-27-14)24-17-13-19(29-10-5-11-29)26-20(25-17)32-16-8-6-15(7-9-16)23-21(30)31-22(2,3)4/h6-9,12-13H,5,10-11H2,1-4H3,(H,23,30)(H2,24,25,26,27,28). The third kappa shape index (κ3) is 5.91. The Kier molecular flexibility index (Phi) is 6.22. The number of benzene rings is 1. The van der Waals surface area contributed by atoms with Gasteiger partial charge in [0.05, 0.1) is 0 Å². The third-order valence-corrected chi connectivity index (χ3v) is 5.42. The van der Waals surface area contributed by atoms with E-state index in [1.54, 1.807) is 0 Å². The number of aryl methyl sites for hydroxylation is 1. The molecule has 0 aliphatic carbocycles. The summed E-state index contributed by atoms with van der Waals surface area (Å²) in [6.45, 7) is 9.43. The van der Waals surface area contributed by atoms with Crippen molar-refractivity contribution >= 4 is 41.0 Å². The summed E-state index contributed by atoms with van der Waals surface area (Å²) >= 11 is 1.46. The van der Waals surface area contributed by atoms with Gasteiger partial charge in [0.1, 0.15) is 17.2 Å². The monoisotopic (exact) mass is 453 g/mol. The molecule has 9 nitrogen and oxygen atoms in total. The van der Waals surface area contributed by atoms with Gasteiger partial charge in [0, 0.05) is 41.5 Å². The molecule has 3 aromatic rings. The number of hydrogen-bond donors (Lipinski definition) is 3. The Balaban J connectivity index is 1.47. The van der Waals surface area contributed by atoms with Crippen LogP contribution in [0.1, 0.15) is 32.9 Å². The van der Waals surface area contributed by atoms with Crippen LogP contribution in [0.15, 0.2) is 46.5 Å². The number of carbonyl (C=O) groups is 1. The van der Waals surface area contributed by atoms with Gasteiger partial charge in [-0.05, 0) is 70.1 Å². The first-order chi connectivity index (χ1) is 15.2. The van der Waals surface area contributed by atoms with Crippen LogP contribution < -0.4 is 15.5 Å². The first-order valence-corrected chi connectivity index (χ1v) is 11.3. The molecule has 1 saturated heterocycles. The molecule has 168 valence electrons. The molecule has 0 atom stereocenters. The molecule has 32 heavy (non-hydrogen) atoms. The Morgan fingerprint density at radius 2 is 1.88 bits per heavy atom. The van der Waals surface area contributed by atoms with Crippen molar-refractivity contribution in [1.82, 2.24) is 20.2 Å². The van der Waals surface area contributed by atoms with Crippen molar-refractivity contribution in [2.45, 2.75) is 49.8 Å². The Bertz CT molecular complexity index is 1090. The molecule has 2 aromatic heterocycles. The molecule has 1 amide bonds. The second kappa shape index (κ2) is 9.07. The van der Waals surface area contributed by atoms with Crippen molar-refractivity contribution in [2.24, 2.45) is 0 Å². The maximum absolute atomic E-state index is 12.0. The third-order valence-electron chi connectivity index (χ3n) is 4.54. The molecule has 0 radical (unpaired) electrons. The molecule has 10 heteroatoms. The van der Waals surface area contributed by atoms with Gasteiger partial charge in [0.25, 0.3) is 0 Å². The van der Waals surface area contributed by atoms with Gasteiger partial charge in [-0.2, -0.15) is 5.10 Å². The maximum Gasteiger partial charge on any atom is 0.412 e. The predicted octanol–water partition coefficient (Wildman–Crippen LogP) is 4.96. The van der Waals surface area contributed by atoms with Crippen molar-refractivity contribution in [3.05, 3.63) is 42.1 Å². The normalized spacial score (nSPS) is 13.4. The fourth-order valence-corrected chi connectivity index (χ4v) is 3.74. The second-order valence-electron chi connectivity index (χ2n) is 8.55. The lowest BCUT2D eigenvalue weighted by molar-refractivity contribution is 0.0636. The van der Waals surface area contributed by atoms with Crippen molar-refractivity contribution in [3.63, 3.8) is 0 Å². The highest BCUT2D eigenvalue weighted by atomic mass is 32.2. The van der Waals surface area contributed by atoms with E-state index in [9.17, 15) is 4.79 Å². The number of anilines is 4. The number of rotatable bonds is 6. The maximum atomic E-state index is 12.0. The molecule has 0 spiro atoms. The van der Waals surface area contributed by atoms with Crippen molar-refractivity contribution in [1.29, 1.82) is 0 Å². The first-order valence-electron chi connectivity index (χ1n) is 10.4. The number of carbonyl (C=O) groups excluding carboxylic acids is 1. The molecular weight excluding hydrogens is 426 g/mol. The summed E-state index contributed by atoms with van der Waals surface area (Å²) < 4.78 is 5.29. The van der Waals surface area contributed by atoms with Crippen LogP contribution in [0.4, 0.5) is 27.9 Å². The van der Waals surface area contributed by atoms with E-state index in [1.165, 1.54) is 18.2 Å². The van der Waals surface area contributed by atoms with Crippen LogP contribution in [-0.4, -0.2) is 44.9 Å². The number of amides is 1. The second-order valence-corrected chi connectivity index (χ2v) is 9.59. The molecular formula is C22H27N7O2S. The van der Waals surface area contributed by atoms with E-state index >= 15 is 0 Å². The van der Waals surface area contributed by atoms with Gasteiger partial charge in [-0.3, -0.25) is 10.4 Å². The van der Waals surface area contributed by atoms with E-state index in [2.05, 4.69) is 30.7 Å². The number of nitrogens with one attached hydrogen (secondary N) is 3. The molecule has 3 heterocycles. The smallest absolute Gasteiger partial charge is 0.412 e. The molecule has 0 bridgehead atoms. The minimum Gasteiger partial charge on any atom is -0.444 e. The number of nitrogens with zero attached hydrogens (tertiary/aromatic N) is 4.